The zero-order valence-electron chi connectivity index (χ0n) is 7.03. The van der Waals surface area contributed by atoms with Gasteiger partial charge in [-0.25, -0.2) is 4.79 Å². The molecule has 0 saturated carbocycles. The van der Waals surface area contributed by atoms with Crippen molar-refractivity contribution in [1.82, 2.24) is 0 Å². The molecule has 66 valence electrons. The Balaban J connectivity index is 3.03. The number of nitriles is 1. The first kappa shape index (κ1) is 9.07. The molecule has 0 radical (unpaired) electrons. The molecule has 0 aromatic heterocycles. The summed E-state index contributed by atoms with van der Waals surface area (Å²) < 4.78 is 0. The molecular weight excluding hydrogens is 168 g/mol. The van der Waals surface area contributed by atoms with Crippen molar-refractivity contribution in [1.29, 1.82) is 5.26 Å². The molecule has 2 N–H and O–H groups in total. The van der Waals surface area contributed by atoms with Crippen LogP contribution in [0.15, 0.2) is 18.2 Å². The minimum Gasteiger partial charge on any atom is -0.465 e. The van der Waals surface area contributed by atoms with Gasteiger partial charge in [0.1, 0.15) is 0 Å². The van der Waals surface area contributed by atoms with Gasteiger partial charge in [0.15, 0.2) is 0 Å². The Morgan fingerprint density at radius 3 is 2.77 bits per heavy atom. The van der Waals surface area contributed by atoms with Crippen molar-refractivity contribution in [2.75, 3.05) is 5.32 Å². The van der Waals surface area contributed by atoms with Gasteiger partial charge in [-0.05, 0) is 30.7 Å². The molecule has 0 atom stereocenters. The van der Waals surface area contributed by atoms with Gasteiger partial charge in [-0.15, -0.1) is 0 Å². The highest BCUT2D eigenvalue weighted by atomic mass is 16.4. The van der Waals surface area contributed by atoms with Gasteiger partial charge in [0.2, 0.25) is 0 Å². The molecule has 0 aliphatic heterocycles. The van der Waals surface area contributed by atoms with Gasteiger partial charge in [-0.1, -0.05) is 0 Å². The predicted molar refractivity (Wildman–Crippen MR) is 47.5 cm³/mol. The molecular formula is C9H8N2O2. The van der Waals surface area contributed by atoms with E-state index in [1.807, 2.05) is 6.07 Å². The molecule has 0 saturated heterocycles. The van der Waals surface area contributed by atoms with E-state index in [0.717, 1.165) is 5.56 Å². The number of carbonyl (C=O) groups is 1. The number of hydrogen-bond acceptors (Lipinski definition) is 2. The van der Waals surface area contributed by atoms with E-state index < -0.39 is 6.09 Å². The zero-order valence-corrected chi connectivity index (χ0v) is 7.03. The van der Waals surface area contributed by atoms with Crippen LogP contribution in [0.5, 0.6) is 0 Å². The number of carboxylic acid groups (broad SMARTS) is 1. The van der Waals surface area contributed by atoms with Crippen LogP contribution in [0.3, 0.4) is 0 Å². The third kappa shape index (κ3) is 2.49. The van der Waals surface area contributed by atoms with Gasteiger partial charge >= 0.3 is 6.09 Å². The first-order chi connectivity index (χ1) is 6.11. The van der Waals surface area contributed by atoms with E-state index in [-0.39, 0.29) is 0 Å². The molecule has 0 aliphatic rings. The summed E-state index contributed by atoms with van der Waals surface area (Å²) in [5.41, 5.74) is 1.72. The van der Waals surface area contributed by atoms with Gasteiger partial charge in [0.05, 0.1) is 11.6 Å². The van der Waals surface area contributed by atoms with E-state index in [0.29, 0.717) is 11.3 Å². The Morgan fingerprint density at radius 2 is 2.23 bits per heavy atom. The van der Waals surface area contributed by atoms with Crippen molar-refractivity contribution >= 4 is 11.8 Å². The summed E-state index contributed by atoms with van der Waals surface area (Å²) in [4.78, 5) is 10.3. The van der Waals surface area contributed by atoms with Crippen LogP contribution >= 0.6 is 0 Å². The number of nitrogens with zero attached hydrogens (tertiary/aromatic N) is 1. The highest BCUT2D eigenvalue weighted by molar-refractivity contribution is 5.83. The normalized spacial score (nSPS) is 8.92. The van der Waals surface area contributed by atoms with Gasteiger partial charge in [0, 0.05) is 5.69 Å². The zero-order chi connectivity index (χ0) is 9.84. The minimum atomic E-state index is -1.13. The van der Waals surface area contributed by atoms with Gasteiger partial charge in [-0.3, -0.25) is 5.32 Å². The van der Waals surface area contributed by atoms with Crippen LogP contribution in [-0.4, -0.2) is 11.2 Å². The average Bonchev–Trinajstić information content (AvgIpc) is 2.01. The fraction of sp³-hybridized carbons (Fsp3) is 0.111. The molecule has 0 aliphatic carbocycles. The lowest BCUT2D eigenvalue weighted by Gasteiger charge is -2.02. The number of aryl methyl sites for hydroxylation is 1. The van der Waals surface area contributed by atoms with Crippen LogP contribution in [-0.2, 0) is 0 Å². The number of nitrogens with one attached hydrogen (secondary N) is 1. The van der Waals surface area contributed by atoms with Gasteiger partial charge in [-0.2, -0.15) is 5.26 Å². The highest BCUT2D eigenvalue weighted by Gasteiger charge is 2.00. The lowest BCUT2D eigenvalue weighted by molar-refractivity contribution is 0.210. The molecule has 0 fully saturated rings. The maximum absolute atomic E-state index is 10.3. The second-order valence-electron chi connectivity index (χ2n) is 2.63. The molecule has 1 rings (SSSR count). The molecule has 1 aromatic carbocycles. The Bertz CT molecular complexity index is 380. The summed E-state index contributed by atoms with van der Waals surface area (Å²) in [6, 6.07) is 6.78. The number of rotatable bonds is 1. The van der Waals surface area contributed by atoms with Crippen LogP contribution in [0, 0.1) is 18.3 Å². The van der Waals surface area contributed by atoms with E-state index >= 15 is 0 Å². The highest BCUT2D eigenvalue weighted by Crippen LogP contribution is 2.13. The second kappa shape index (κ2) is 3.59. The van der Waals surface area contributed by atoms with E-state index in [1.165, 1.54) is 6.07 Å². The summed E-state index contributed by atoms with van der Waals surface area (Å²) in [6.07, 6.45) is -1.13. The van der Waals surface area contributed by atoms with Crippen molar-refractivity contribution in [3.8, 4) is 6.07 Å². The standard InChI is InChI=1S/C9H8N2O2/c1-6-2-7(5-10)4-8(3-6)11-9(12)13/h2-4,11H,1H3,(H,12,13). The number of hydrogen-bond donors (Lipinski definition) is 2. The fourth-order valence-corrected chi connectivity index (χ4v) is 1.04. The van der Waals surface area contributed by atoms with Crippen LogP contribution in [0.1, 0.15) is 11.1 Å². The summed E-state index contributed by atoms with van der Waals surface area (Å²) in [5, 5.41) is 19.2. The Kier molecular flexibility index (Phi) is 2.50. The Labute approximate surface area is 75.4 Å². The molecule has 0 heterocycles. The lowest BCUT2D eigenvalue weighted by Crippen LogP contribution is -2.07. The first-order valence-electron chi connectivity index (χ1n) is 3.63. The summed E-state index contributed by atoms with van der Waals surface area (Å²) >= 11 is 0. The number of benzene rings is 1. The van der Waals surface area contributed by atoms with Crippen molar-refractivity contribution < 1.29 is 9.90 Å². The quantitative estimate of drug-likeness (QED) is 0.686. The molecule has 4 nitrogen and oxygen atoms in total. The minimum absolute atomic E-state index is 0.420. The number of anilines is 1. The molecule has 0 unspecified atom stereocenters. The third-order valence-electron chi connectivity index (χ3n) is 1.46. The maximum atomic E-state index is 10.3. The SMILES string of the molecule is Cc1cc(C#N)cc(NC(=O)O)c1. The Hall–Kier alpha value is -2.02. The first-order valence-corrected chi connectivity index (χ1v) is 3.63. The van der Waals surface area contributed by atoms with E-state index in [2.05, 4.69) is 5.32 Å². The van der Waals surface area contributed by atoms with Crippen LogP contribution in [0.25, 0.3) is 0 Å². The summed E-state index contributed by atoms with van der Waals surface area (Å²) in [7, 11) is 0. The smallest absolute Gasteiger partial charge is 0.409 e. The van der Waals surface area contributed by atoms with Crippen molar-refractivity contribution in [3.05, 3.63) is 29.3 Å². The van der Waals surface area contributed by atoms with Crippen LogP contribution in [0.2, 0.25) is 0 Å². The van der Waals surface area contributed by atoms with Crippen molar-refractivity contribution in [3.63, 3.8) is 0 Å². The molecule has 0 bridgehead atoms. The average molecular weight is 176 g/mol. The largest absolute Gasteiger partial charge is 0.465 e. The van der Waals surface area contributed by atoms with Crippen LogP contribution < -0.4 is 5.32 Å². The summed E-state index contributed by atoms with van der Waals surface area (Å²) in [6.45, 7) is 1.80. The maximum Gasteiger partial charge on any atom is 0.409 e. The second-order valence-corrected chi connectivity index (χ2v) is 2.63. The van der Waals surface area contributed by atoms with E-state index in [1.54, 1.807) is 19.1 Å². The van der Waals surface area contributed by atoms with Gasteiger partial charge in [0.25, 0.3) is 0 Å². The molecule has 1 amide bonds. The van der Waals surface area contributed by atoms with Crippen LogP contribution in [0.4, 0.5) is 10.5 Å². The fourth-order valence-electron chi connectivity index (χ4n) is 1.04. The van der Waals surface area contributed by atoms with E-state index in [4.69, 9.17) is 10.4 Å². The topological polar surface area (TPSA) is 73.1 Å². The number of amides is 1. The summed E-state index contributed by atoms with van der Waals surface area (Å²) in [5.74, 6) is 0. The third-order valence-corrected chi connectivity index (χ3v) is 1.46. The van der Waals surface area contributed by atoms with E-state index in [9.17, 15) is 4.79 Å². The lowest BCUT2D eigenvalue weighted by atomic mass is 10.1. The molecule has 0 spiro atoms. The molecule has 4 heteroatoms. The van der Waals surface area contributed by atoms with Crippen molar-refractivity contribution in [2.24, 2.45) is 0 Å². The molecule has 13 heavy (non-hydrogen) atoms. The molecule has 1 aromatic rings. The van der Waals surface area contributed by atoms with Gasteiger partial charge < -0.3 is 5.11 Å². The monoisotopic (exact) mass is 176 g/mol. The Morgan fingerprint density at radius 1 is 1.54 bits per heavy atom. The van der Waals surface area contributed by atoms with Crippen molar-refractivity contribution in [2.45, 2.75) is 6.92 Å². The predicted octanol–water partition coefficient (Wildman–Crippen LogP) is 1.96.